The normalized spacial score (nSPS) is 11.8. The van der Waals surface area contributed by atoms with Crippen LogP contribution in [0.3, 0.4) is 0 Å². The van der Waals surface area contributed by atoms with Crippen molar-refractivity contribution in [1.82, 2.24) is 0 Å². The molecule has 1 unspecified atom stereocenters. The lowest BCUT2D eigenvalue weighted by molar-refractivity contribution is -0.133. The van der Waals surface area contributed by atoms with E-state index in [4.69, 9.17) is 14.6 Å². The molecule has 1 aromatic rings. The van der Waals surface area contributed by atoms with Gasteiger partial charge in [-0.1, -0.05) is 12.1 Å². The Balaban J connectivity index is 2.43. The fourth-order valence-corrected chi connectivity index (χ4v) is 1.99. The van der Waals surface area contributed by atoms with Crippen molar-refractivity contribution in [1.29, 1.82) is 0 Å². The standard InChI is InChI=1S/C12H16O5S/c1-2-16-10-5-3-4-6-11(10)17-7-8-18(15)9-12(13)14/h3-6H,2,7-9H2,1H3,(H,13,14). The Bertz CT molecular complexity index is 419. The zero-order valence-corrected chi connectivity index (χ0v) is 10.9. The van der Waals surface area contributed by atoms with E-state index in [0.717, 1.165) is 0 Å². The van der Waals surface area contributed by atoms with Gasteiger partial charge in [0.2, 0.25) is 0 Å². The van der Waals surface area contributed by atoms with E-state index >= 15 is 0 Å². The highest BCUT2D eigenvalue weighted by atomic mass is 32.2. The summed E-state index contributed by atoms with van der Waals surface area (Å²) < 4.78 is 22.1. The molecule has 0 saturated carbocycles. The van der Waals surface area contributed by atoms with Gasteiger partial charge >= 0.3 is 5.97 Å². The van der Waals surface area contributed by atoms with E-state index in [1.807, 2.05) is 19.1 Å². The van der Waals surface area contributed by atoms with E-state index in [9.17, 15) is 9.00 Å². The quantitative estimate of drug-likeness (QED) is 0.772. The van der Waals surface area contributed by atoms with E-state index in [1.54, 1.807) is 12.1 Å². The van der Waals surface area contributed by atoms with Crippen molar-refractivity contribution >= 4 is 16.8 Å². The monoisotopic (exact) mass is 272 g/mol. The summed E-state index contributed by atoms with van der Waals surface area (Å²) in [6, 6.07) is 7.19. The molecule has 1 rings (SSSR count). The van der Waals surface area contributed by atoms with Gasteiger partial charge in [-0.25, -0.2) is 0 Å². The molecule has 0 aliphatic carbocycles. The first-order chi connectivity index (χ1) is 8.63. The number of hydrogen-bond acceptors (Lipinski definition) is 4. The first kappa shape index (κ1) is 14.5. The van der Waals surface area contributed by atoms with Crippen LogP contribution < -0.4 is 9.47 Å². The first-order valence-electron chi connectivity index (χ1n) is 5.55. The van der Waals surface area contributed by atoms with Crippen molar-refractivity contribution in [2.45, 2.75) is 6.92 Å². The van der Waals surface area contributed by atoms with Gasteiger partial charge in [-0.05, 0) is 19.1 Å². The van der Waals surface area contributed by atoms with Crippen LogP contribution in [0.5, 0.6) is 11.5 Å². The van der Waals surface area contributed by atoms with E-state index in [0.29, 0.717) is 18.1 Å². The summed E-state index contributed by atoms with van der Waals surface area (Å²) in [6.07, 6.45) is 0. The molecule has 0 fully saturated rings. The Morgan fingerprint density at radius 2 is 1.89 bits per heavy atom. The topological polar surface area (TPSA) is 72.8 Å². The summed E-state index contributed by atoms with van der Waals surface area (Å²) >= 11 is 0. The van der Waals surface area contributed by atoms with E-state index < -0.39 is 16.8 Å². The van der Waals surface area contributed by atoms with Crippen LogP contribution in [0.2, 0.25) is 0 Å². The predicted molar refractivity (Wildman–Crippen MR) is 68.6 cm³/mol. The maximum atomic E-state index is 11.3. The summed E-state index contributed by atoms with van der Waals surface area (Å²) in [5.41, 5.74) is 0. The average Bonchev–Trinajstić information content (AvgIpc) is 2.30. The molecule has 1 N–H and O–H groups in total. The summed E-state index contributed by atoms with van der Waals surface area (Å²) in [7, 11) is -1.40. The molecule has 1 aromatic carbocycles. The highest BCUT2D eigenvalue weighted by Gasteiger charge is 2.07. The molecule has 0 spiro atoms. The van der Waals surface area contributed by atoms with Crippen LogP contribution in [0.1, 0.15) is 6.92 Å². The molecule has 0 bridgehead atoms. The number of aliphatic carboxylic acids is 1. The number of ether oxygens (including phenoxy) is 2. The molecule has 0 aliphatic rings. The molecule has 18 heavy (non-hydrogen) atoms. The second-order valence-corrected chi connectivity index (χ2v) is 4.99. The van der Waals surface area contributed by atoms with Crippen molar-refractivity contribution < 1.29 is 23.6 Å². The van der Waals surface area contributed by atoms with E-state index in [-0.39, 0.29) is 18.1 Å². The Labute approximate surface area is 108 Å². The van der Waals surface area contributed by atoms with Gasteiger partial charge in [0.25, 0.3) is 0 Å². The predicted octanol–water partition coefficient (Wildman–Crippen LogP) is 1.30. The molecular formula is C12H16O5S. The molecule has 0 heterocycles. The maximum Gasteiger partial charge on any atom is 0.316 e. The average molecular weight is 272 g/mol. The van der Waals surface area contributed by atoms with Crippen LogP contribution >= 0.6 is 0 Å². The molecule has 6 heteroatoms. The van der Waals surface area contributed by atoms with Crippen LogP contribution in [0, 0.1) is 0 Å². The van der Waals surface area contributed by atoms with Gasteiger partial charge in [0.1, 0.15) is 5.75 Å². The number of para-hydroxylation sites is 2. The highest BCUT2D eigenvalue weighted by Crippen LogP contribution is 2.26. The van der Waals surface area contributed by atoms with Crippen LogP contribution in [-0.2, 0) is 15.6 Å². The summed E-state index contributed by atoms with van der Waals surface area (Å²) in [5.74, 6) is -0.0257. The SMILES string of the molecule is CCOc1ccccc1OCCS(=O)CC(=O)O. The smallest absolute Gasteiger partial charge is 0.316 e. The lowest BCUT2D eigenvalue weighted by atomic mass is 10.3. The molecule has 0 aliphatic heterocycles. The third-order valence-electron chi connectivity index (χ3n) is 2.00. The lowest BCUT2D eigenvalue weighted by Crippen LogP contribution is -2.16. The summed E-state index contributed by atoms with van der Waals surface area (Å²) in [4.78, 5) is 10.3. The van der Waals surface area contributed by atoms with Gasteiger partial charge < -0.3 is 14.6 Å². The van der Waals surface area contributed by atoms with Gasteiger partial charge in [-0.2, -0.15) is 0 Å². The molecule has 100 valence electrons. The second kappa shape index (κ2) is 7.71. The van der Waals surface area contributed by atoms with Crippen LogP contribution in [0.25, 0.3) is 0 Å². The third kappa shape index (κ3) is 5.18. The number of benzene rings is 1. The number of carboxylic acid groups (broad SMARTS) is 1. The number of carboxylic acids is 1. The van der Waals surface area contributed by atoms with Crippen LogP contribution in [-0.4, -0.2) is 40.0 Å². The van der Waals surface area contributed by atoms with Crippen LogP contribution in [0.15, 0.2) is 24.3 Å². The molecular weight excluding hydrogens is 256 g/mol. The van der Waals surface area contributed by atoms with E-state index in [1.165, 1.54) is 0 Å². The minimum atomic E-state index is -1.40. The fraction of sp³-hybridized carbons (Fsp3) is 0.417. The van der Waals surface area contributed by atoms with Gasteiger partial charge in [-0.15, -0.1) is 0 Å². The Hall–Kier alpha value is -1.56. The Morgan fingerprint density at radius 3 is 2.44 bits per heavy atom. The number of rotatable bonds is 8. The zero-order valence-electron chi connectivity index (χ0n) is 10.1. The zero-order chi connectivity index (χ0) is 13.4. The van der Waals surface area contributed by atoms with Crippen molar-refractivity contribution in [3.05, 3.63) is 24.3 Å². The molecule has 0 radical (unpaired) electrons. The van der Waals surface area contributed by atoms with Gasteiger partial charge in [0, 0.05) is 10.8 Å². The first-order valence-corrected chi connectivity index (χ1v) is 7.03. The summed E-state index contributed by atoms with van der Waals surface area (Å²) in [6.45, 7) is 2.61. The van der Waals surface area contributed by atoms with Gasteiger partial charge in [0.05, 0.1) is 19.0 Å². The van der Waals surface area contributed by atoms with E-state index in [2.05, 4.69) is 0 Å². The minimum absolute atomic E-state index is 0.187. The van der Waals surface area contributed by atoms with Crippen molar-refractivity contribution in [2.24, 2.45) is 0 Å². The number of hydrogen-bond donors (Lipinski definition) is 1. The molecule has 5 nitrogen and oxygen atoms in total. The third-order valence-corrected chi connectivity index (χ3v) is 3.19. The van der Waals surface area contributed by atoms with Crippen LogP contribution in [0.4, 0.5) is 0 Å². The summed E-state index contributed by atoms with van der Waals surface area (Å²) in [5, 5.41) is 8.46. The second-order valence-electron chi connectivity index (χ2n) is 3.41. The fourth-order valence-electron chi connectivity index (χ4n) is 1.30. The highest BCUT2D eigenvalue weighted by molar-refractivity contribution is 7.85. The van der Waals surface area contributed by atoms with Crippen molar-refractivity contribution in [2.75, 3.05) is 24.7 Å². The lowest BCUT2D eigenvalue weighted by Gasteiger charge is -2.11. The number of carbonyl (C=O) groups is 1. The van der Waals surface area contributed by atoms with Crippen molar-refractivity contribution in [3.63, 3.8) is 0 Å². The Morgan fingerprint density at radius 1 is 1.28 bits per heavy atom. The Kier molecular flexibility index (Phi) is 6.21. The van der Waals surface area contributed by atoms with Gasteiger partial charge in [-0.3, -0.25) is 9.00 Å². The molecule has 0 amide bonds. The minimum Gasteiger partial charge on any atom is -0.490 e. The molecule has 0 aromatic heterocycles. The largest absolute Gasteiger partial charge is 0.490 e. The van der Waals surface area contributed by atoms with Crippen molar-refractivity contribution in [3.8, 4) is 11.5 Å². The van der Waals surface area contributed by atoms with Gasteiger partial charge in [0.15, 0.2) is 11.5 Å². The molecule has 0 saturated heterocycles. The maximum absolute atomic E-state index is 11.3. The molecule has 1 atom stereocenters.